The molecule has 0 spiro atoms. The first-order valence-corrected chi connectivity index (χ1v) is 10.1. The van der Waals surface area contributed by atoms with Crippen molar-refractivity contribution in [3.05, 3.63) is 87.7 Å². The molecule has 3 atom stereocenters. The van der Waals surface area contributed by atoms with Gasteiger partial charge in [-0.15, -0.1) is 11.3 Å². The van der Waals surface area contributed by atoms with E-state index in [1.165, 1.54) is 38.3 Å². The molecule has 4 heterocycles. The summed E-state index contributed by atoms with van der Waals surface area (Å²) < 4.78 is 0. The number of hydrogen-bond acceptors (Lipinski definition) is 2. The second-order valence-electron chi connectivity index (χ2n) is 7.25. The number of fused-ring (bicyclic) bond motifs is 7. The maximum absolute atomic E-state index is 3.82. The van der Waals surface area contributed by atoms with Gasteiger partial charge in [-0.1, -0.05) is 42.5 Å². The first kappa shape index (κ1) is 14.6. The van der Waals surface area contributed by atoms with Crippen LogP contribution in [0, 0.1) is 0 Å². The highest BCUT2D eigenvalue weighted by Crippen LogP contribution is 2.38. The molecule has 0 bridgehead atoms. The molecule has 1 unspecified atom stereocenters. The average Bonchev–Trinajstić information content (AvgIpc) is 3.34. The molecule has 2 aliphatic heterocycles. The fourth-order valence-electron chi connectivity index (χ4n) is 4.84. The number of nitrogens with one attached hydrogen (secondary N) is 3. The van der Waals surface area contributed by atoms with Crippen molar-refractivity contribution in [1.29, 1.82) is 0 Å². The molecule has 0 saturated carbocycles. The lowest BCUT2D eigenvalue weighted by Crippen LogP contribution is -3.15. The molecular formula is C22H20N3S+. The van der Waals surface area contributed by atoms with Gasteiger partial charge < -0.3 is 10.3 Å². The highest BCUT2D eigenvalue weighted by Gasteiger charge is 2.44. The third kappa shape index (κ3) is 1.97. The van der Waals surface area contributed by atoms with Crippen LogP contribution in [0.25, 0.3) is 10.9 Å². The van der Waals surface area contributed by atoms with Gasteiger partial charge in [-0.05, 0) is 29.1 Å². The molecule has 0 aliphatic carbocycles. The molecule has 0 fully saturated rings. The standard InChI is InChI=1S/C22H19N3S/c1-3-8-17-14(6-1)15-11-12-25-21(20(15)23-17)16-7-2-4-9-18(16)24-22(25)19-10-5-13-26-19/h1-10,13,21-24H,11-12H2/p+1/t21-,22-/m1/s1. The second-order valence-corrected chi connectivity index (χ2v) is 8.23. The van der Waals surface area contributed by atoms with E-state index in [1.807, 2.05) is 11.3 Å². The lowest BCUT2D eigenvalue weighted by molar-refractivity contribution is -0.956. The van der Waals surface area contributed by atoms with Crippen LogP contribution >= 0.6 is 11.3 Å². The molecule has 128 valence electrons. The normalized spacial score (nSPS) is 23.8. The van der Waals surface area contributed by atoms with E-state index in [1.54, 1.807) is 4.90 Å². The van der Waals surface area contributed by atoms with E-state index < -0.39 is 0 Å². The highest BCUT2D eigenvalue weighted by molar-refractivity contribution is 7.10. The van der Waals surface area contributed by atoms with E-state index in [-0.39, 0.29) is 0 Å². The van der Waals surface area contributed by atoms with Crippen molar-refractivity contribution in [1.82, 2.24) is 4.98 Å². The summed E-state index contributed by atoms with van der Waals surface area (Å²) in [4.78, 5) is 6.79. The van der Waals surface area contributed by atoms with E-state index >= 15 is 0 Å². The summed E-state index contributed by atoms with van der Waals surface area (Å²) in [5, 5.41) is 7.40. The lowest BCUT2D eigenvalue weighted by atomic mass is 9.89. The van der Waals surface area contributed by atoms with Crippen LogP contribution in [0.3, 0.4) is 0 Å². The molecule has 4 aromatic rings. The number of H-pyrrole nitrogens is 1. The largest absolute Gasteiger partial charge is 0.353 e. The monoisotopic (exact) mass is 358 g/mol. The number of aromatic nitrogens is 1. The minimum Gasteiger partial charge on any atom is -0.353 e. The number of para-hydroxylation sites is 2. The fourth-order valence-corrected chi connectivity index (χ4v) is 5.66. The zero-order chi connectivity index (χ0) is 17.1. The van der Waals surface area contributed by atoms with Gasteiger partial charge in [-0.3, -0.25) is 4.90 Å². The highest BCUT2D eigenvalue weighted by atomic mass is 32.1. The van der Waals surface area contributed by atoms with Gasteiger partial charge in [0.15, 0.2) is 12.2 Å². The van der Waals surface area contributed by atoms with Crippen molar-refractivity contribution in [2.24, 2.45) is 0 Å². The summed E-state index contributed by atoms with van der Waals surface area (Å²) in [6.07, 6.45) is 1.44. The summed E-state index contributed by atoms with van der Waals surface area (Å²) in [7, 11) is 0. The summed E-state index contributed by atoms with van der Waals surface area (Å²) >= 11 is 1.85. The van der Waals surface area contributed by atoms with Gasteiger partial charge in [0.1, 0.15) is 0 Å². The summed E-state index contributed by atoms with van der Waals surface area (Å²) in [5.41, 5.74) is 6.86. The average molecular weight is 358 g/mol. The Morgan fingerprint density at radius 3 is 2.77 bits per heavy atom. The second kappa shape index (κ2) is 5.47. The van der Waals surface area contributed by atoms with Crippen molar-refractivity contribution < 1.29 is 4.90 Å². The molecule has 26 heavy (non-hydrogen) atoms. The van der Waals surface area contributed by atoms with Crippen LogP contribution in [-0.2, 0) is 6.42 Å². The summed E-state index contributed by atoms with van der Waals surface area (Å²) in [5.74, 6) is 0. The van der Waals surface area contributed by atoms with E-state index in [0.717, 1.165) is 13.0 Å². The van der Waals surface area contributed by atoms with Crippen LogP contribution in [-0.4, -0.2) is 11.5 Å². The number of aromatic amines is 1. The number of thiophene rings is 1. The fraction of sp³-hybridized carbons (Fsp3) is 0.182. The van der Waals surface area contributed by atoms with Gasteiger partial charge in [0.2, 0.25) is 0 Å². The maximum Gasteiger partial charge on any atom is 0.197 e. The molecule has 0 saturated heterocycles. The number of rotatable bonds is 1. The van der Waals surface area contributed by atoms with Crippen LogP contribution in [0.4, 0.5) is 5.69 Å². The van der Waals surface area contributed by atoms with Crippen molar-refractivity contribution in [3.8, 4) is 0 Å². The van der Waals surface area contributed by atoms with E-state index in [2.05, 4.69) is 76.3 Å². The SMILES string of the molecule is c1csc([C@@H]2Nc3ccccc3[C@@H]3c4[nH]c5ccccc5c4CC[NH+]32)c1. The molecule has 0 amide bonds. The first-order chi connectivity index (χ1) is 12.9. The minimum absolute atomic E-state index is 0.314. The number of benzene rings is 2. The van der Waals surface area contributed by atoms with Crippen LogP contribution in [0.2, 0.25) is 0 Å². The minimum atomic E-state index is 0.314. The van der Waals surface area contributed by atoms with Gasteiger partial charge in [0.05, 0.1) is 17.1 Å². The lowest BCUT2D eigenvalue weighted by Gasteiger charge is -2.42. The predicted octanol–water partition coefficient (Wildman–Crippen LogP) is 3.88. The molecule has 2 aromatic carbocycles. The van der Waals surface area contributed by atoms with Crippen molar-refractivity contribution >= 4 is 27.9 Å². The molecule has 3 nitrogen and oxygen atoms in total. The van der Waals surface area contributed by atoms with Crippen molar-refractivity contribution in [2.45, 2.75) is 18.6 Å². The molecule has 4 heteroatoms. The predicted molar refractivity (Wildman–Crippen MR) is 107 cm³/mol. The first-order valence-electron chi connectivity index (χ1n) is 9.24. The van der Waals surface area contributed by atoms with Crippen LogP contribution in [0.1, 0.15) is 33.9 Å². The molecule has 2 aliphatic rings. The van der Waals surface area contributed by atoms with E-state index in [0.29, 0.717) is 12.2 Å². The Labute approximate surface area is 156 Å². The molecule has 6 rings (SSSR count). The zero-order valence-electron chi connectivity index (χ0n) is 14.3. The van der Waals surface area contributed by atoms with Crippen LogP contribution < -0.4 is 10.2 Å². The number of anilines is 1. The van der Waals surface area contributed by atoms with Gasteiger partial charge in [-0.25, -0.2) is 0 Å². The Bertz CT molecular complexity index is 1100. The topological polar surface area (TPSA) is 32.3 Å². The maximum atomic E-state index is 3.82. The van der Waals surface area contributed by atoms with Crippen LogP contribution in [0.15, 0.2) is 66.0 Å². The third-order valence-electron chi connectivity index (χ3n) is 5.94. The van der Waals surface area contributed by atoms with Gasteiger partial charge in [0.25, 0.3) is 0 Å². The Morgan fingerprint density at radius 2 is 1.85 bits per heavy atom. The third-order valence-corrected chi connectivity index (χ3v) is 6.88. The van der Waals surface area contributed by atoms with Gasteiger partial charge in [-0.2, -0.15) is 0 Å². The molecule has 0 radical (unpaired) electrons. The Kier molecular flexibility index (Phi) is 3.07. The van der Waals surface area contributed by atoms with Crippen LogP contribution in [0.5, 0.6) is 0 Å². The summed E-state index contributed by atoms with van der Waals surface area (Å²) in [6, 6.07) is 22.3. The zero-order valence-corrected chi connectivity index (χ0v) is 15.1. The number of hydrogen-bond donors (Lipinski definition) is 3. The Balaban J connectivity index is 1.59. The Morgan fingerprint density at radius 1 is 0.962 bits per heavy atom. The van der Waals surface area contributed by atoms with E-state index in [4.69, 9.17) is 0 Å². The molecular weight excluding hydrogens is 338 g/mol. The van der Waals surface area contributed by atoms with Crippen molar-refractivity contribution in [3.63, 3.8) is 0 Å². The Hall–Kier alpha value is -2.56. The smallest absolute Gasteiger partial charge is 0.197 e. The molecule has 2 aromatic heterocycles. The number of quaternary nitrogens is 1. The molecule has 3 N–H and O–H groups in total. The van der Waals surface area contributed by atoms with Crippen molar-refractivity contribution in [2.75, 3.05) is 11.9 Å². The summed E-state index contributed by atoms with van der Waals surface area (Å²) in [6.45, 7) is 1.14. The van der Waals surface area contributed by atoms with E-state index in [9.17, 15) is 0 Å². The quantitative estimate of drug-likeness (QED) is 0.474. The van der Waals surface area contributed by atoms with Gasteiger partial charge >= 0.3 is 0 Å². The van der Waals surface area contributed by atoms with Gasteiger partial charge in [0, 0.05) is 28.6 Å².